The molecule has 0 aliphatic carbocycles. The standard InChI is InChI=1S/C15H19N3O2/c1-11(2)18-8-9-19-13(10-18)14-16-15(20-17-14)12-6-4-3-5-7-12/h3-7,11,13H,8-10H2,1-2H3/t13-/m0/s1. The fraction of sp³-hybridized carbons (Fsp3) is 0.467. The van der Waals surface area contributed by atoms with Gasteiger partial charge in [-0.1, -0.05) is 23.4 Å². The van der Waals surface area contributed by atoms with Gasteiger partial charge in [-0.3, -0.25) is 4.90 Å². The summed E-state index contributed by atoms with van der Waals surface area (Å²) < 4.78 is 11.1. The largest absolute Gasteiger partial charge is 0.367 e. The van der Waals surface area contributed by atoms with Gasteiger partial charge < -0.3 is 9.26 Å². The Morgan fingerprint density at radius 1 is 1.25 bits per heavy atom. The molecule has 0 spiro atoms. The SMILES string of the molecule is CC(C)N1CCO[C@H](c2noc(-c3ccccc3)n2)C1. The normalized spacial score (nSPS) is 20.4. The Morgan fingerprint density at radius 2 is 2.05 bits per heavy atom. The second-order valence-corrected chi connectivity index (χ2v) is 5.27. The maximum absolute atomic E-state index is 5.77. The predicted octanol–water partition coefficient (Wildman–Crippen LogP) is 2.52. The van der Waals surface area contributed by atoms with Crippen LogP contribution in [0.1, 0.15) is 25.8 Å². The molecule has 106 valence electrons. The van der Waals surface area contributed by atoms with E-state index in [2.05, 4.69) is 28.9 Å². The van der Waals surface area contributed by atoms with Crippen molar-refractivity contribution in [3.8, 4) is 11.5 Å². The van der Waals surface area contributed by atoms with E-state index >= 15 is 0 Å². The zero-order chi connectivity index (χ0) is 13.9. The Bertz CT molecular complexity index is 553. The van der Waals surface area contributed by atoms with Crippen LogP contribution in [0.5, 0.6) is 0 Å². The van der Waals surface area contributed by atoms with Gasteiger partial charge in [0, 0.05) is 24.7 Å². The Balaban J connectivity index is 1.77. The van der Waals surface area contributed by atoms with Gasteiger partial charge in [-0.05, 0) is 26.0 Å². The number of aromatic nitrogens is 2. The zero-order valence-corrected chi connectivity index (χ0v) is 11.8. The first kappa shape index (κ1) is 13.3. The second-order valence-electron chi connectivity index (χ2n) is 5.27. The average Bonchev–Trinajstić information content (AvgIpc) is 2.98. The molecule has 1 aliphatic rings. The molecule has 1 atom stereocenters. The number of benzene rings is 1. The fourth-order valence-electron chi connectivity index (χ4n) is 2.36. The van der Waals surface area contributed by atoms with Crippen LogP contribution in [-0.4, -0.2) is 40.8 Å². The lowest BCUT2D eigenvalue weighted by Crippen LogP contribution is -2.42. The highest BCUT2D eigenvalue weighted by molar-refractivity contribution is 5.52. The van der Waals surface area contributed by atoms with Gasteiger partial charge in [0.1, 0.15) is 6.10 Å². The van der Waals surface area contributed by atoms with Crippen molar-refractivity contribution in [1.29, 1.82) is 0 Å². The maximum atomic E-state index is 5.77. The number of hydrogen-bond acceptors (Lipinski definition) is 5. The molecule has 0 amide bonds. The van der Waals surface area contributed by atoms with E-state index in [1.807, 2.05) is 30.3 Å². The molecule has 0 saturated carbocycles. The van der Waals surface area contributed by atoms with Crippen LogP contribution in [0.2, 0.25) is 0 Å². The summed E-state index contributed by atoms with van der Waals surface area (Å²) in [4.78, 5) is 6.84. The van der Waals surface area contributed by atoms with Crippen LogP contribution in [-0.2, 0) is 4.74 Å². The summed E-state index contributed by atoms with van der Waals surface area (Å²) in [5.41, 5.74) is 0.933. The maximum Gasteiger partial charge on any atom is 0.258 e. The molecule has 3 rings (SSSR count). The summed E-state index contributed by atoms with van der Waals surface area (Å²) in [5.74, 6) is 1.18. The number of rotatable bonds is 3. The molecule has 1 aromatic heterocycles. The van der Waals surface area contributed by atoms with Crippen molar-refractivity contribution >= 4 is 0 Å². The minimum Gasteiger partial charge on any atom is -0.367 e. The van der Waals surface area contributed by atoms with Gasteiger partial charge in [0.05, 0.1) is 6.61 Å². The summed E-state index contributed by atoms with van der Waals surface area (Å²) in [6.45, 7) is 6.85. The molecule has 2 aromatic rings. The third-order valence-corrected chi connectivity index (χ3v) is 3.58. The van der Waals surface area contributed by atoms with Crippen LogP contribution in [0.25, 0.3) is 11.5 Å². The Labute approximate surface area is 118 Å². The molecule has 2 heterocycles. The van der Waals surface area contributed by atoms with Crippen molar-refractivity contribution in [2.24, 2.45) is 0 Å². The first-order valence-corrected chi connectivity index (χ1v) is 6.98. The first-order chi connectivity index (χ1) is 9.74. The van der Waals surface area contributed by atoms with Crippen molar-refractivity contribution < 1.29 is 9.26 Å². The summed E-state index contributed by atoms with van der Waals surface area (Å²) >= 11 is 0. The molecule has 0 bridgehead atoms. The fourth-order valence-corrected chi connectivity index (χ4v) is 2.36. The van der Waals surface area contributed by atoms with Crippen molar-refractivity contribution in [2.45, 2.75) is 26.0 Å². The topological polar surface area (TPSA) is 51.4 Å². The molecule has 5 nitrogen and oxygen atoms in total. The molecular formula is C15H19N3O2. The molecule has 1 aliphatic heterocycles. The third-order valence-electron chi connectivity index (χ3n) is 3.58. The molecular weight excluding hydrogens is 254 g/mol. The van der Waals surface area contributed by atoms with Gasteiger partial charge in [-0.2, -0.15) is 4.98 Å². The lowest BCUT2D eigenvalue weighted by atomic mass is 10.2. The molecule has 20 heavy (non-hydrogen) atoms. The molecule has 0 radical (unpaired) electrons. The number of hydrogen-bond donors (Lipinski definition) is 0. The van der Waals surface area contributed by atoms with Crippen molar-refractivity contribution in [3.63, 3.8) is 0 Å². The quantitative estimate of drug-likeness (QED) is 0.860. The summed E-state index contributed by atoms with van der Waals surface area (Å²) in [6, 6.07) is 10.3. The molecule has 1 aromatic carbocycles. The van der Waals surface area contributed by atoms with Crippen LogP contribution >= 0.6 is 0 Å². The van der Waals surface area contributed by atoms with E-state index in [0.29, 0.717) is 24.4 Å². The second kappa shape index (κ2) is 5.73. The van der Waals surface area contributed by atoms with E-state index in [1.54, 1.807) is 0 Å². The molecule has 1 saturated heterocycles. The highest BCUT2D eigenvalue weighted by atomic mass is 16.5. The minimum atomic E-state index is -0.104. The van der Waals surface area contributed by atoms with Crippen LogP contribution in [0.3, 0.4) is 0 Å². The Morgan fingerprint density at radius 3 is 2.80 bits per heavy atom. The molecule has 0 N–H and O–H groups in total. The lowest BCUT2D eigenvalue weighted by molar-refractivity contribution is -0.0450. The van der Waals surface area contributed by atoms with E-state index in [0.717, 1.165) is 18.7 Å². The zero-order valence-electron chi connectivity index (χ0n) is 11.8. The average molecular weight is 273 g/mol. The monoisotopic (exact) mass is 273 g/mol. The highest BCUT2D eigenvalue weighted by Gasteiger charge is 2.27. The van der Waals surface area contributed by atoms with Gasteiger partial charge in [0.2, 0.25) is 5.82 Å². The van der Waals surface area contributed by atoms with Gasteiger partial charge in [-0.15, -0.1) is 0 Å². The minimum absolute atomic E-state index is 0.104. The van der Waals surface area contributed by atoms with Gasteiger partial charge in [0.15, 0.2) is 0 Å². The molecule has 5 heteroatoms. The van der Waals surface area contributed by atoms with Crippen molar-refractivity contribution in [2.75, 3.05) is 19.7 Å². The van der Waals surface area contributed by atoms with Crippen LogP contribution in [0.4, 0.5) is 0 Å². The summed E-state index contributed by atoms with van der Waals surface area (Å²) in [7, 11) is 0. The van der Waals surface area contributed by atoms with Crippen LogP contribution < -0.4 is 0 Å². The van der Waals surface area contributed by atoms with E-state index < -0.39 is 0 Å². The third kappa shape index (κ3) is 2.73. The number of ether oxygens (including phenoxy) is 1. The van der Waals surface area contributed by atoms with E-state index in [1.165, 1.54) is 0 Å². The molecule has 1 fully saturated rings. The van der Waals surface area contributed by atoms with Crippen LogP contribution in [0.15, 0.2) is 34.9 Å². The molecule has 0 unspecified atom stereocenters. The highest BCUT2D eigenvalue weighted by Crippen LogP contribution is 2.24. The van der Waals surface area contributed by atoms with Gasteiger partial charge in [-0.25, -0.2) is 0 Å². The predicted molar refractivity (Wildman–Crippen MR) is 75.1 cm³/mol. The van der Waals surface area contributed by atoms with Gasteiger partial charge >= 0.3 is 0 Å². The van der Waals surface area contributed by atoms with E-state index in [9.17, 15) is 0 Å². The van der Waals surface area contributed by atoms with E-state index in [4.69, 9.17) is 9.26 Å². The van der Waals surface area contributed by atoms with Crippen LogP contribution in [0, 0.1) is 0 Å². The summed E-state index contributed by atoms with van der Waals surface area (Å²) in [5, 5.41) is 4.07. The van der Waals surface area contributed by atoms with E-state index in [-0.39, 0.29) is 6.10 Å². The lowest BCUT2D eigenvalue weighted by Gasteiger charge is -2.34. The Hall–Kier alpha value is -1.72. The number of nitrogens with zero attached hydrogens (tertiary/aromatic N) is 3. The Kier molecular flexibility index (Phi) is 3.80. The first-order valence-electron chi connectivity index (χ1n) is 6.98. The van der Waals surface area contributed by atoms with Crippen molar-refractivity contribution in [1.82, 2.24) is 15.0 Å². The smallest absolute Gasteiger partial charge is 0.258 e. The van der Waals surface area contributed by atoms with Crippen molar-refractivity contribution in [3.05, 3.63) is 36.2 Å². The summed E-state index contributed by atoms with van der Waals surface area (Å²) in [6.07, 6.45) is -0.104. The number of morpholine rings is 1. The van der Waals surface area contributed by atoms with Gasteiger partial charge in [0.25, 0.3) is 5.89 Å².